The van der Waals surface area contributed by atoms with Crippen molar-refractivity contribution in [3.8, 4) is 11.5 Å². The minimum absolute atomic E-state index is 0.148. The van der Waals surface area contributed by atoms with Crippen LogP contribution in [0.3, 0.4) is 0 Å². The molecule has 21 heavy (non-hydrogen) atoms. The predicted molar refractivity (Wildman–Crippen MR) is 71.2 cm³/mol. The van der Waals surface area contributed by atoms with Crippen LogP contribution in [-0.2, 0) is 4.79 Å². The molecule has 0 spiro atoms. The number of rotatable bonds is 4. The molecule has 0 aliphatic carbocycles. The number of aliphatic carboxylic acids is 1. The van der Waals surface area contributed by atoms with Crippen LogP contribution >= 0.6 is 0 Å². The highest BCUT2D eigenvalue weighted by molar-refractivity contribution is 6.14. The summed E-state index contributed by atoms with van der Waals surface area (Å²) >= 11 is 0. The summed E-state index contributed by atoms with van der Waals surface area (Å²) in [4.78, 5) is 22.6. The highest BCUT2D eigenvalue weighted by Gasteiger charge is 2.28. The Morgan fingerprint density at radius 2 is 2.19 bits per heavy atom. The number of carboxylic acid groups (broad SMARTS) is 1. The molecule has 2 aromatic rings. The first-order chi connectivity index (χ1) is 10.1. The predicted octanol–water partition coefficient (Wildman–Crippen LogP) is 2.36. The van der Waals surface area contributed by atoms with Crippen LogP contribution in [0.4, 0.5) is 0 Å². The molecule has 0 unspecified atom stereocenters. The third-order valence-electron chi connectivity index (χ3n) is 2.82. The fourth-order valence-corrected chi connectivity index (χ4v) is 1.90. The Labute approximate surface area is 119 Å². The van der Waals surface area contributed by atoms with E-state index in [0.29, 0.717) is 22.8 Å². The topological polar surface area (TPSA) is 86.0 Å². The van der Waals surface area contributed by atoms with Gasteiger partial charge in [-0.15, -0.1) is 0 Å². The van der Waals surface area contributed by atoms with Gasteiger partial charge in [0.15, 0.2) is 12.4 Å². The highest BCUT2D eigenvalue weighted by Crippen LogP contribution is 2.34. The Kier molecular flexibility index (Phi) is 3.19. The Bertz CT molecular complexity index is 727. The van der Waals surface area contributed by atoms with Crippen molar-refractivity contribution in [3.05, 3.63) is 53.7 Å². The number of benzene rings is 1. The van der Waals surface area contributed by atoms with Gasteiger partial charge >= 0.3 is 5.97 Å². The third kappa shape index (κ3) is 2.64. The van der Waals surface area contributed by atoms with Gasteiger partial charge in [0.1, 0.15) is 17.3 Å². The van der Waals surface area contributed by atoms with Gasteiger partial charge in [0.25, 0.3) is 0 Å². The van der Waals surface area contributed by atoms with Crippen LogP contribution < -0.4 is 9.47 Å². The lowest BCUT2D eigenvalue weighted by atomic mass is 10.1. The fraction of sp³-hybridized carbons (Fsp3) is 0.0667. The van der Waals surface area contributed by atoms with Crippen molar-refractivity contribution in [1.29, 1.82) is 0 Å². The number of hydrogen-bond acceptors (Lipinski definition) is 5. The summed E-state index contributed by atoms with van der Waals surface area (Å²) in [5.74, 6) is -0.0233. The maximum absolute atomic E-state index is 12.1. The lowest BCUT2D eigenvalue weighted by molar-refractivity contribution is -0.139. The Morgan fingerprint density at radius 3 is 2.90 bits per heavy atom. The maximum Gasteiger partial charge on any atom is 0.341 e. The van der Waals surface area contributed by atoms with E-state index < -0.39 is 12.6 Å². The monoisotopic (exact) mass is 286 g/mol. The van der Waals surface area contributed by atoms with Gasteiger partial charge in [-0.05, 0) is 24.3 Å². The van der Waals surface area contributed by atoms with Crippen molar-refractivity contribution in [1.82, 2.24) is 0 Å². The second kappa shape index (κ2) is 5.16. The van der Waals surface area contributed by atoms with Gasteiger partial charge in [0.05, 0.1) is 11.8 Å². The molecule has 0 atom stereocenters. The molecule has 0 saturated heterocycles. The van der Waals surface area contributed by atoms with Crippen LogP contribution in [0.1, 0.15) is 16.1 Å². The quantitative estimate of drug-likeness (QED) is 0.868. The zero-order chi connectivity index (χ0) is 14.8. The molecular weight excluding hydrogens is 276 g/mol. The van der Waals surface area contributed by atoms with E-state index in [2.05, 4.69) is 0 Å². The number of ether oxygens (including phenoxy) is 2. The van der Waals surface area contributed by atoms with Crippen molar-refractivity contribution in [3.63, 3.8) is 0 Å². The SMILES string of the molecule is O=C(O)COc1ccc2c(c1)O/C(=C/c1ccco1)C2=O. The summed E-state index contributed by atoms with van der Waals surface area (Å²) < 4.78 is 15.6. The number of ketones is 1. The molecule has 1 N–H and O–H groups in total. The fourth-order valence-electron chi connectivity index (χ4n) is 1.90. The molecular formula is C15H10O6. The summed E-state index contributed by atoms with van der Waals surface area (Å²) in [6, 6.07) is 7.96. The molecule has 1 aromatic heterocycles. The van der Waals surface area contributed by atoms with Crippen LogP contribution in [0.15, 0.2) is 46.8 Å². The number of carbonyl (C=O) groups is 2. The molecule has 6 heteroatoms. The smallest absolute Gasteiger partial charge is 0.341 e. The first kappa shape index (κ1) is 13.0. The third-order valence-corrected chi connectivity index (χ3v) is 2.82. The van der Waals surface area contributed by atoms with Gasteiger partial charge in [-0.2, -0.15) is 0 Å². The van der Waals surface area contributed by atoms with E-state index in [0.717, 1.165) is 0 Å². The van der Waals surface area contributed by atoms with Crippen LogP contribution in [0.5, 0.6) is 11.5 Å². The van der Waals surface area contributed by atoms with E-state index in [1.807, 2.05) is 0 Å². The molecule has 1 aliphatic heterocycles. The van der Waals surface area contributed by atoms with E-state index in [4.69, 9.17) is 19.0 Å². The highest BCUT2D eigenvalue weighted by atomic mass is 16.5. The number of hydrogen-bond donors (Lipinski definition) is 1. The molecule has 0 amide bonds. The average molecular weight is 286 g/mol. The van der Waals surface area contributed by atoms with E-state index in [1.165, 1.54) is 30.5 Å². The largest absolute Gasteiger partial charge is 0.482 e. The lowest BCUT2D eigenvalue weighted by Gasteiger charge is -2.04. The summed E-state index contributed by atoms with van der Waals surface area (Å²) in [7, 11) is 0. The molecule has 0 saturated carbocycles. The first-order valence-electron chi connectivity index (χ1n) is 6.10. The standard InChI is InChI=1S/C15H10O6/c16-14(17)8-20-10-3-4-11-12(6-10)21-13(15(11)18)7-9-2-1-5-19-9/h1-7H,8H2,(H,16,17)/b13-7+. The van der Waals surface area contributed by atoms with E-state index in [-0.39, 0.29) is 11.5 Å². The average Bonchev–Trinajstić information content (AvgIpc) is 3.06. The number of carboxylic acids is 1. The van der Waals surface area contributed by atoms with E-state index in [1.54, 1.807) is 12.1 Å². The minimum Gasteiger partial charge on any atom is -0.482 e. The zero-order valence-corrected chi connectivity index (χ0v) is 10.7. The minimum atomic E-state index is -1.08. The molecule has 2 heterocycles. The molecule has 1 aliphatic rings. The summed E-state index contributed by atoms with van der Waals surface area (Å²) in [5, 5.41) is 8.57. The van der Waals surface area contributed by atoms with Crippen LogP contribution in [0, 0.1) is 0 Å². The van der Waals surface area contributed by atoms with Crippen molar-refractivity contribution < 1.29 is 28.6 Å². The van der Waals surface area contributed by atoms with Gasteiger partial charge < -0.3 is 19.0 Å². The van der Waals surface area contributed by atoms with Crippen LogP contribution in [0.25, 0.3) is 6.08 Å². The molecule has 3 rings (SSSR count). The van der Waals surface area contributed by atoms with Gasteiger partial charge in [-0.3, -0.25) is 4.79 Å². The first-order valence-corrected chi connectivity index (χ1v) is 6.10. The summed E-state index contributed by atoms with van der Waals surface area (Å²) in [6.45, 7) is -0.457. The normalized spacial score (nSPS) is 14.9. The molecule has 0 radical (unpaired) electrons. The number of furan rings is 1. The molecule has 6 nitrogen and oxygen atoms in total. The Balaban J connectivity index is 1.84. The lowest BCUT2D eigenvalue weighted by Crippen LogP contribution is -2.09. The number of fused-ring (bicyclic) bond motifs is 1. The van der Waals surface area contributed by atoms with Crippen molar-refractivity contribution >= 4 is 17.8 Å². The summed E-state index contributed by atoms with van der Waals surface area (Å²) in [5.41, 5.74) is 0.399. The second-order valence-corrected chi connectivity index (χ2v) is 4.30. The molecule has 0 fully saturated rings. The number of carbonyl (C=O) groups excluding carboxylic acids is 1. The number of allylic oxidation sites excluding steroid dienone is 1. The number of Topliss-reactive ketones (excluding diaryl/α,β-unsaturated/α-hetero) is 1. The van der Waals surface area contributed by atoms with Crippen LogP contribution in [0.2, 0.25) is 0 Å². The van der Waals surface area contributed by atoms with Crippen molar-refractivity contribution in [2.45, 2.75) is 0 Å². The molecule has 0 bridgehead atoms. The Hall–Kier alpha value is -3.02. The van der Waals surface area contributed by atoms with Gasteiger partial charge in [0, 0.05) is 12.1 Å². The van der Waals surface area contributed by atoms with E-state index in [9.17, 15) is 9.59 Å². The molecule has 1 aromatic carbocycles. The molecule has 106 valence electrons. The van der Waals surface area contributed by atoms with Crippen molar-refractivity contribution in [2.24, 2.45) is 0 Å². The van der Waals surface area contributed by atoms with Gasteiger partial charge in [-0.25, -0.2) is 4.79 Å². The summed E-state index contributed by atoms with van der Waals surface area (Å²) in [6.07, 6.45) is 3.00. The van der Waals surface area contributed by atoms with Crippen molar-refractivity contribution in [2.75, 3.05) is 6.61 Å². The zero-order valence-electron chi connectivity index (χ0n) is 10.7. The second-order valence-electron chi connectivity index (χ2n) is 4.30. The van der Waals surface area contributed by atoms with Crippen LogP contribution in [-0.4, -0.2) is 23.5 Å². The van der Waals surface area contributed by atoms with Gasteiger partial charge in [0.2, 0.25) is 5.78 Å². The van der Waals surface area contributed by atoms with E-state index >= 15 is 0 Å². The Morgan fingerprint density at radius 1 is 1.33 bits per heavy atom. The maximum atomic E-state index is 12.1. The van der Waals surface area contributed by atoms with Gasteiger partial charge in [-0.1, -0.05) is 0 Å².